The van der Waals surface area contributed by atoms with Crippen LogP contribution in [0.25, 0.3) is 28.5 Å². The van der Waals surface area contributed by atoms with E-state index in [9.17, 15) is 4.79 Å². The zero-order valence-electron chi connectivity index (χ0n) is 17.8. The first-order chi connectivity index (χ1) is 15.1. The molecule has 0 spiro atoms. The van der Waals surface area contributed by atoms with Crippen molar-refractivity contribution < 1.29 is 4.52 Å². The number of benzene rings is 1. The molecule has 4 aromatic rings. The highest BCUT2D eigenvalue weighted by Crippen LogP contribution is 2.30. The Morgan fingerprint density at radius 1 is 1.16 bits per heavy atom. The van der Waals surface area contributed by atoms with Crippen molar-refractivity contribution in [3.05, 3.63) is 57.1 Å². The van der Waals surface area contributed by atoms with Crippen molar-refractivity contribution in [3.8, 4) is 22.8 Å². The molecule has 0 saturated carbocycles. The number of H-pyrrole nitrogens is 1. The predicted octanol–water partition coefficient (Wildman–Crippen LogP) is 4.19. The van der Waals surface area contributed by atoms with Gasteiger partial charge in [0, 0.05) is 22.6 Å². The largest absolute Gasteiger partial charge is 0.334 e. The predicted molar refractivity (Wildman–Crippen MR) is 120 cm³/mol. The molecule has 0 bridgehead atoms. The zero-order chi connectivity index (χ0) is 22.0. The van der Waals surface area contributed by atoms with Crippen LogP contribution in [0.3, 0.4) is 0 Å². The Kier molecular flexibility index (Phi) is 6.20. The van der Waals surface area contributed by atoms with Crippen LogP contribution in [0, 0.1) is 6.92 Å². The SMILES string of the molecule is CC.Cc1ccc(Cl)cc1-c1nc(-c2cnn3c(C4CCNCC4)cc(=O)[nH]c23)no1. The molecule has 0 radical (unpaired) electrons. The summed E-state index contributed by atoms with van der Waals surface area (Å²) in [4.78, 5) is 19.7. The highest BCUT2D eigenvalue weighted by atomic mass is 35.5. The third kappa shape index (κ3) is 4.13. The number of nitrogens with zero attached hydrogens (tertiary/aromatic N) is 4. The molecule has 3 aromatic heterocycles. The maximum absolute atomic E-state index is 12.3. The Morgan fingerprint density at radius 3 is 2.71 bits per heavy atom. The van der Waals surface area contributed by atoms with E-state index in [0.717, 1.165) is 42.8 Å². The van der Waals surface area contributed by atoms with Crippen LogP contribution in [-0.4, -0.2) is 37.8 Å². The van der Waals surface area contributed by atoms with Crippen LogP contribution in [0.5, 0.6) is 0 Å². The van der Waals surface area contributed by atoms with Crippen LogP contribution in [-0.2, 0) is 0 Å². The van der Waals surface area contributed by atoms with E-state index in [1.807, 2.05) is 32.9 Å². The molecule has 1 fully saturated rings. The molecular formula is C22H25ClN6O2. The van der Waals surface area contributed by atoms with Gasteiger partial charge in [0.1, 0.15) is 5.65 Å². The molecule has 1 saturated heterocycles. The maximum atomic E-state index is 12.3. The van der Waals surface area contributed by atoms with Gasteiger partial charge < -0.3 is 14.8 Å². The molecular weight excluding hydrogens is 416 g/mol. The van der Waals surface area contributed by atoms with Crippen LogP contribution in [0.4, 0.5) is 0 Å². The number of aromatic nitrogens is 5. The van der Waals surface area contributed by atoms with Gasteiger partial charge in [0.15, 0.2) is 0 Å². The van der Waals surface area contributed by atoms with E-state index in [2.05, 4.69) is 25.5 Å². The molecule has 8 nitrogen and oxygen atoms in total. The standard InChI is InChI=1S/C20H19ClN6O2.C2H6/c1-11-2-3-13(21)8-14(11)20-25-18(26-29-20)15-10-23-27-16(9-17(28)24-19(15)27)12-4-6-22-7-5-12;1-2/h2-3,8-10,12,22H,4-7H2,1H3,(H,24,28);1-2H3. The lowest BCUT2D eigenvalue weighted by Gasteiger charge is -2.23. The Bertz CT molecular complexity index is 1250. The lowest BCUT2D eigenvalue weighted by atomic mass is 9.94. The molecule has 1 aliphatic heterocycles. The van der Waals surface area contributed by atoms with Gasteiger partial charge in [-0.25, -0.2) is 4.52 Å². The minimum atomic E-state index is -0.165. The van der Waals surface area contributed by atoms with Gasteiger partial charge in [-0.1, -0.05) is 36.7 Å². The number of piperidine rings is 1. The van der Waals surface area contributed by atoms with E-state index >= 15 is 0 Å². The molecule has 1 aromatic carbocycles. The molecule has 0 amide bonds. The number of halogens is 1. The van der Waals surface area contributed by atoms with Crippen molar-refractivity contribution in [1.29, 1.82) is 0 Å². The second-order valence-electron chi connectivity index (χ2n) is 7.28. The molecule has 9 heteroatoms. The maximum Gasteiger partial charge on any atom is 0.258 e. The average molecular weight is 441 g/mol. The molecule has 5 rings (SSSR count). The quantitative estimate of drug-likeness (QED) is 0.495. The number of aromatic amines is 1. The fraction of sp³-hybridized carbons (Fsp3) is 0.364. The van der Waals surface area contributed by atoms with E-state index < -0.39 is 0 Å². The minimum Gasteiger partial charge on any atom is -0.334 e. The lowest BCUT2D eigenvalue weighted by molar-refractivity contribution is 0.432. The smallest absolute Gasteiger partial charge is 0.258 e. The molecule has 31 heavy (non-hydrogen) atoms. The van der Waals surface area contributed by atoms with Gasteiger partial charge in [-0.05, 0) is 50.6 Å². The Balaban J connectivity index is 0.00000112. The first kappa shape index (κ1) is 21.3. The summed E-state index contributed by atoms with van der Waals surface area (Å²) < 4.78 is 7.26. The summed E-state index contributed by atoms with van der Waals surface area (Å²) in [5.41, 5.74) is 3.68. The fourth-order valence-electron chi connectivity index (χ4n) is 3.85. The van der Waals surface area contributed by atoms with Crippen molar-refractivity contribution in [2.75, 3.05) is 13.1 Å². The summed E-state index contributed by atoms with van der Waals surface area (Å²) >= 11 is 6.11. The van der Waals surface area contributed by atoms with Crippen molar-refractivity contribution in [1.82, 2.24) is 30.1 Å². The second kappa shape index (κ2) is 9.03. The summed E-state index contributed by atoms with van der Waals surface area (Å²) in [7, 11) is 0. The summed E-state index contributed by atoms with van der Waals surface area (Å²) in [6.45, 7) is 7.81. The number of hydrogen-bond acceptors (Lipinski definition) is 6. The molecule has 162 valence electrons. The third-order valence-electron chi connectivity index (χ3n) is 5.39. The van der Waals surface area contributed by atoms with Crippen LogP contribution in [0.1, 0.15) is 43.9 Å². The Labute approximate surface area is 184 Å². The van der Waals surface area contributed by atoms with Crippen molar-refractivity contribution >= 4 is 17.2 Å². The summed E-state index contributed by atoms with van der Waals surface area (Å²) in [5, 5.41) is 12.6. The van der Waals surface area contributed by atoms with Gasteiger partial charge in [-0.15, -0.1) is 0 Å². The van der Waals surface area contributed by atoms with Gasteiger partial charge in [0.05, 0.1) is 17.5 Å². The van der Waals surface area contributed by atoms with Gasteiger partial charge in [-0.3, -0.25) is 4.79 Å². The van der Waals surface area contributed by atoms with Gasteiger partial charge in [-0.2, -0.15) is 10.1 Å². The third-order valence-corrected chi connectivity index (χ3v) is 5.62. The summed E-state index contributed by atoms with van der Waals surface area (Å²) in [6.07, 6.45) is 3.59. The van der Waals surface area contributed by atoms with E-state index in [-0.39, 0.29) is 11.5 Å². The monoisotopic (exact) mass is 440 g/mol. The zero-order valence-corrected chi connectivity index (χ0v) is 18.5. The lowest BCUT2D eigenvalue weighted by Crippen LogP contribution is -2.28. The molecule has 1 aliphatic rings. The topological polar surface area (TPSA) is 101 Å². The molecule has 4 heterocycles. The van der Waals surface area contributed by atoms with E-state index in [0.29, 0.717) is 27.9 Å². The molecule has 0 unspecified atom stereocenters. The van der Waals surface area contributed by atoms with Crippen molar-refractivity contribution in [3.63, 3.8) is 0 Å². The van der Waals surface area contributed by atoms with Crippen LogP contribution in [0.2, 0.25) is 5.02 Å². The first-order valence-corrected chi connectivity index (χ1v) is 10.9. The average Bonchev–Trinajstić information content (AvgIpc) is 3.44. The normalized spacial score (nSPS) is 14.5. The van der Waals surface area contributed by atoms with Crippen LogP contribution in [0.15, 0.2) is 39.8 Å². The number of hydrogen-bond donors (Lipinski definition) is 2. The van der Waals surface area contributed by atoms with Gasteiger partial charge >= 0.3 is 0 Å². The van der Waals surface area contributed by atoms with Crippen molar-refractivity contribution in [2.45, 2.75) is 39.5 Å². The van der Waals surface area contributed by atoms with E-state index in [4.69, 9.17) is 16.1 Å². The Morgan fingerprint density at radius 2 is 1.94 bits per heavy atom. The number of nitrogens with one attached hydrogen (secondary N) is 2. The van der Waals surface area contributed by atoms with E-state index in [1.54, 1.807) is 22.8 Å². The van der Waals surface area contributed by atoms with Crippen LogP contribution < -0.4 is 10.9 Å². The highest BCUT2D eigenvalue weighted by molar-refractivity contribution is 6.30. The first-order valence-electron chi connectivity index (χ1n) is 10.5. The van der Waals surface area contributed by atoms with Crippen molar-refractivity contribution in [2.24, 2.45) is 0 Å². The summed E-state index contributed by atoms with van der Waals surface area (Å²) in [5.74, 6) is 1.02. The highest BCUT2D eigenvalue weighted by Gasteiger charge is 2.22. The van der Waals surface area contributed by atoms with Gasteiger partial charge in [0.2, 0.25) is 5.82 Å². The minimum absolute atomic E-state index is 0.165. The van der Waals surface area contributed by atoms with Crippen LogP contribution >= 0.6 is 11.6 Å². The molecule has 0 aliphatic carbocycles. The number of rotatable bonds is 3. The number of aryl methyl sites for hydroxylation is 1. The Hall–Kier alpha value is -2.97. The van der Waals surface area contributed by atoms with E-state index in [1.165, 1.54) is 0 Å². The molecule has 2 N–H and O–H groups in total. The second-order valence-corrected chi connectivity index (χ2v) is 7.72. The molecule has 0 atom stereocenters. The van der Waals surface area contributed by atoms with Gasteiger partial charge in [0.25, 0.3) is 11.4 Å². The number of fused-ring (bicyclic) bond motifs is 1. The summed E-state index contributed by atoms with van der Waals surface area (Å²) in [6, 6.07) is 7.15. The fourth-order valence-corrected chi connectivity index (χ4v) is 4.02.